The van der Waals surface area contributed by atoms with Crippen LogP contribution in [0.3, 0.4) is 0 Å². The Morgan fingerprint density at radius 1 is 1.42 bits per heavy atom. The van der Waals surface area contributed by atoms with E-state index in [1.165, 1.54) is 38.5 Å². The molecule has 0 nitrogen and oxygen atoms in total. The maximum absolute atomic E-state index is 2.35. The van der Waals surface area contributed by atoms with Gasteiger partial charge in [-0.1, -0.05) is 38.8 Å². The first-order valence-corrected chi connectivity index (χ1v) is 5.30. The van der Waals surface area contributed by atoms with Crippen molar-refractivity contribution in [1.82, 2.24) is 0 Å². The molecule has 0 saturated heterocycles. The van der Waals surface area contributed by atoms with Crippen LogP contribution in [0.15, 0.2) is 12.2 Å². The molecule has 0 spiro atoms. The van der Waals surface area contributed by atoms with Crippen molar-refractivity contribution in [2.45, 2.75) is 52.4 Å². The second-order valence-corrected chi connectivity index (χ2v) is 4.24. The predicted octanol–water partition coefficient (Wildman–Crippen LogP) is 4.13. The first-order chi connectivity index (χ1) is 5.79. The molecular formula is C12H21. The third kappa shape index (κ3) is 3.94. The van der Waals surface area contributed by atoms with Gasteiger partial charge in [0.15, 0.2) is 0 Å². The average molecular weight is 165 g/mol. The molecular weight excluding hydrogens is 144 g/mol. The fraction of sp³-hybridized carbons (Fsp3) is 0.750. The summed E-state index contributed by atoms with van der Waals surface area (Å²) in [5, 5.41) is 0. The Balaban J connectivity index is 2.06. The van der Waals surface area contributed by atoms with Gasteiger partial charge in [0.05, 0.1) is 0 Å². The van der Waals surface area contributed by atoms with Crippen LogP contribution in [0.5, 0.6) is 0 Å². The highest BCUT2D eigenvalue weighted by atomic mass is 14.1. The van der Waals surface area contributed by atoms with Gasteiger partial charge in [0, 0.05) is 0 Å². The number of allylic oxidation sites excluding steroid dienone is 2. The van der Waals surface area contributed by atoms with Gasteiger partial charge < -0.3 is 0 Å². The fourth-order valence-electron chi connectivity index (χ4n) is 1.73. The number of rotatable bonds is 4. The summed E-state index contributed by atoms with van der Waals surface area (Å²) in [5.74, 6) is 2.56. The molecule has 0 atom stereocenters. The van der Waals surface area contributed by atoms with Crippen LogP contribution >= 0.6 is 0 Å². The lowest BCUT2D eigenvalue weighted by Gasteiger charge is -2.15. The monoisotopic (exact) mass is 165 g/mol. The molecule has 0 unspecified atom stereocenters. The molecule has 1 radical (unpaired) electrons. The Morgan fingerprint density at radius 3 is 2.83 bits per heavy atom. The van der Waals surface area contributed by atoms with Gasteiger partial charge in [0.25, 0.3) is 0 Å². The molecule has 0 aromatic rings. The number of hydrogen-bond donors (Lipinski definition) is 0. The van der Waals surface area contributed by atoms with E-state index < -0.39 is 0 Å². The van der Waals surface area contributed by atoms with Crippen LogP contribution < -0.4 is 0 Å². The topological polar surface area (TPSA) is 0 Å². The lowest BCUT2D eigenvalue weighted by molar-refractivity contribution is 0.535. The van der Waals surface area contributed by atoms with E-state index in [9.17, 15) is 0 Å². The van der Waals surface area contributed by atoms with Gasteiger partial charge in [0.1, 0.15) is 0 Å². The maximum Gasteiger partial charge on any atom is -0.00272 e. The van der Waals surface area contributed by atoms with Gasteiger partial charge >= 0.3 is 0 Å². The number of hydrogen-bond acceptors (Lipinski definition) is 0. The highest BCUT2D eigenvalue weighted by Gasteiger charge is 2.08. The van der Waals surface area contributed by atoms with Crippen molar-refractivity contribution in [3.8, 4) is 0 Å². The summed E-state index contributed by atoms with van der Waals surface area (Å²) in [5.41, 5.74) is 0. The van der Waals surface area contributed by atoms with E-state index in [2.05, 4.69) is 26.0 Å². The minimum Gasteiger partial charge on any atom is -0.0879 e. The summed E-state index contributed by atoms with van der Waals surface area (Å²) in [6.07, 6.45) is 12.8. The lowest BCUT2D eigenvalue weighted by Crippen LogP contribution is -1.99. The van der Waals surface area contributed by atoms with Crippen molar-refractivity contribution in [1.29, 1.82) is 0 Å². The molecule has 1 aliphatic carbocycles. The molecule has 0 heterocycles. The van der Waals surface area contributed by atoms with E-state index in [0.29, 0.717) is 0 Å². The molecule has 1 rings (SSSR count). The largest absolute Gasteiger partial charge is 0.0879 e. The van der Waals surface area contributed by atoms with Gasteiger partial charge in [0.2, 0.25) is 0 Å². The molecule has 0 heteroatoms. The van der Waals surface area contributed by atoms with Crippen LogP contribution in [0, 0.1) is 11.8 Å². The zero-order valence-electron chi connectivity index (χ0n) is 8.47. The van der Waals surface area contributed by atoms with Gasteiger partial charge in [-0.2, -0.15) is 0 Å². The molecule has 0 N–H and O–H groups in total. The smallest absolute Gasteiger partial charge is 0.00272 e. The van der Waals surface area contributed by atoms with Crippen molar-refractivity contribution in [3.63, 3.8) is 0 Å². The van der Waals surface area contributed by atoms with Crippen molar-refractivity contribution in [2.75, 3.05) is 0 Å². The summed E-state index contributed by atoms with van der Waals surface area (Å²) in [6, 6.07) is 0. The Hall–Kier alpha value is -0.260. The summed E-state index contributed by atoms with van der Waals surface area (Å²) in [7, 11) is 0. The predicted molar refractivity (Wildman–Crippen MR) is 54.9 cm³/mol. The molecule has 0 aromatic carbocycles. The molecule has 12 heavy (non-hydrogen) atoms. The van der Waals surface area contributed by atoms with Gasteiger partial charge in [-0.25, -0.2) is 0 Å². The van der Waals surface area contributed by atoms with Gasteiger partial charge in [-0.15, -0.1) is 0 Å². The standard InChI is InChI=1S/C12H21/c1-11(2)7-6-10-12-8-4-3-5-9-12/h4,8,11H,3,5-7,9-10H2,1-2H3. The average Bonchev–Trinajstić information content (AvgIpc) is 2.05. The van der Waals surface area contributed by atoms with Crippen LogP contribution in [-0.2, 0) is 0 Å². The molecule has 1 aliphatic rings. The Labute approximate surface area is 77.1 Å². The zero-order valence-corrected chi connectivity index (χ0v) is 8.47. The molecule has 0 aliphatic heterocycles. The lowest BCUT2D eigenvalue weighted by atomic mass is 9.90. The SMILES string of the molecule is CC(C)CCC[C]1C=CCCC1. The van der Waals surface area contributed by atoms with Crippen LogP contribution in [-0.4, -0.2) is 0 Å². The minimum atomic E-state index is 0.873. The van der Waals surface area contributed by atoms with Crippen LogP contribution in [0.2, 0.25) is 0 Å². The quantitative estimate of drug-likeness (QED) is 0.587. The van der Waals surface area contributed by atoms with Gasteiger partial charge in [-0.3, -0.25) is 0 Å². The Morgan fingerprint density at radius 2 is 2.25 bits per heavy atom. The molecule has 0 fully saturated rings. The highest BCUT2D eigenvalue weighted by molar-refractivity contribution is 5.12. The van der Waals surface area contributed by atoms with E-state index in [0.717, 1.165) is 5.92 Å². The first-order valence-electron chi connectivity index (χ1n) is 5.30. The van der Waals surface area contributed by atoms with Crippen LogP contribution in [0.1, 0.15) is 52.4 Å². The fourth-order valence-corrected chi connectivity index (χ4v) is 1.73. The van der Waals surface area contributed by atoms with Crippen molar-refractivity contribution >= 4 is 0 Å². The third-order valence-corrected chi connectivity index (χ3v) is 2.50. The Bertz CT molecular complexity index is 133. The second kappa shape index (κ2) is 5.40. The van der Waals surface area contributed by atoms with Crippen LogP contribution in [0.25, 0.3) is 0 Å². The maximum atomic E-state index is 2.35. The molecule has 0 saturated carbocycles. The van der Waals surface area contributed by atoms with E-state index in [4.69, 9.17) is 0 Å². The van der Waals surface area contributed by atoms with E-state index in [1.54, 1.807) is 5.92 Å². The zero-order chi connectivity index (χ0) is 8.81. The van der Waals surface area contributed by atoms with Crippen molar-refractivity contribution < 1.29 is 0 Å². The summed E-state index contributed by atoms with van der Waals surface area (Å²) in [6.45, 7) is 4.61. The summed E-state index contributed by atoms with van der Waals surface area (Å²) >= 11 is 0. The Kier molecular flexibility index (Phi) is 4.42. The van der Waals surface area contributed by atoms with Gasteiger partial charge in [-0.05, 0) is 37.5 Å². The normalized spacial score (nSPS) is 18.9. The second-order valence-electron chi connectivity index (χ2n) is 4.24. The molecule has 0 aromatic heterocycles. The highest BCUT2D eigenvalue weighted by Crippen LogP contribution is 2.24. The van der Waals surface area contributed by atoms with E-state index in [1.807, 2.05) is 0 Å². The molecule has 0 bridgehead atoms. The minimum absolute atomic E-state index is 0.873. The molecule has 0 amide bonds. The van der Waals surface area contributed by atoms with E-state index in [-0.39, 0.29) is 0 Å². The summed E-state index contributed by atoms with van der Waals surface area (Å²) < 4.78 is 0. The first kappa shape index (κ1) is 9.83. The third-order valence-electron chi connectivity index (χ3n) is 2.50. The van der Waals surface area contributed by atoms with Crippen LogP contribution in [0.4, 0.5) is 0 Å². The summed E-state index contributed by atoms with van der Waals surface area (Å²) in [4.78, 5) is 0. The molecule has 69 valence electrons. The van der Waals surface area contributed by atoms with Crippen molar-refractivity contribution in [3.05, 3.63) is 18.1 Å². The van der Waals surface area contributed by atoms with Crippen molar-refractivity contribution in [2.24, 2.45) is 5.92 Å². The van der Waals surface area contributed by atoms with E-state index >= 15 is 0 Å².